The Balaban J connectivity index is 1.22. The SMILES string of the molecule is N#Cc1cc(-c2cccc(-c3ccc4c(c3)sc3ccccc34)c2)cc(-c2ccc3c(c2)sc2ccccc23)c1. The second-order valence-corrected chi connectivity index (χ2v) is 12.3. The molecule has 6 aromatic carbocycles. The second kappa shape index (κ2) is 9.17. The maximum Gasteiger partial charge on any atom is 0.0992 e. The van der Waals surface area contributed by atoms with E-state index in [1.165, 1.54) is 51.5 Å². The lowest BCUT2D eigenvalue weighted by Crippen LogP contribution is -1.86. The van der Waals surface area contributed by atoms with Crippen LogP contribution in [0.2, 0.25) is 0 Å². The number of thiophene rings is 2. The average molecular weight is 544 g/mol. The van der Waals surface area contributed by atoms with Crippen LogP contribution < -0.4 is 0 Å². The van der Waals surface area contributed by atoms with Crippen LogP contribution in [-0.2, 0) is 0 Å². The average Bonchev–Trinajstić information content (AvgIpc) is 3.58. The second-order valence-electron chi connectivity index (χ2n) is 10.1. The van der Waals surface area contributed by atoms with Crippen LogP contribution in [0.15, 0.2) is 127 Å². The summed E-state index contributed by atoms with van der Waals surface area (Å²) in [6.45, 7) is 0. The van der Waals surface area contributed by atoms with E-state index in [1.807, 2.05) is 34.8 Å². The van der Waals surface area contributed by atoms with Gasteiger partial charge in [-0.2, -0.15) is 5.26 Å². The van der Waals surface area contributed by atoms with Crippen molar-refractivity contribution >= 4 is 63.0 Å². The predicted molar refractivity (Wildman–Crippen MR) is 173 cm³/mol. The summed E-state index contributed by atoms with van der Waals surface area (Å²) >= 11 is 3.66. The molecule has 0 radical (unpaired) electrons. The first-order valence-electron chi connectivity index (χ1n) is 13.2. The molecule has 0 aliphatic heterocycles. The van der Waals surface area contributed by atoms with Crippen LogP contribution in [0.5, 0.6) is 0 Å². The zero-order chi connectivity index (χ0) is 26.6. The molecule has 8 rings (SSSR count). The van der Waals surface area contributed by atoms with Crippen molar-refractivity contribution in [2.45, 2.75) is 0 Å². The Morgan fingerprint density at radius 2 is 0.825 bits per heavy atom. The highest BCUT2D eigenvalue weighted by atomic mass is 32.1. The molecule has 8 aromatic rings. The highest BCUT2D eigenvalue weighted by Gasteiger charge is 2.11. The van der Waals surface area contributed by atoms with Gasteiger partial charge in [0, 0.05) is 40.3 Å². The third kappa shape index (κ3) is 3.81. The Bertz CT molecular complexity index is 2290. The summed E-state index contributed by atoms with van der Waals surface area (Å²) < 4.78 is 5.18. The van der Waals surface area contributed by atoms with Gasteiger partial charge in [-0.1, -0.05) is 78.9 Å². The maximum absolute atomic E-state index is 9.89. The van der Waals surface area contributed by atoms with Gasteiger partial charge in [0.1, 0.15) is 0 Å². The monoisotopic (exact) mass is 543 g/mol. The Hall–Kier alpha value is -4.75. The number of nitrogens with zero attached hydrogens (tertiary/aromatic N) is 1. The van der Waals surface area contributed by atoms with E-state index in [4.69, 9.17) is 0 Å². The summed E-state index contributed by atoms with van der Waals surface area (Å²) in [5.41, 5.74) is 7.39. The first kappa shape index (κ1) is 23.2. The van der Waals surface area contributed by atoms with Gasteiger partial charge in [0.2, 0.25) is 0 Å². The Kier molecular flexibility index (Phi) is 5.31. The molecule has 0 bridgehead atoms. The Labute approximate surface area is 239 Å². The minimum Gasteiger partial charge on any atom is -0.192 e. The summed E-state index contributed by atoms with van der Waals surface area (Å²) in [6, 6.07) is 47.8. The zero-order valence-electron chi connectivity index (χ0n) is 21.4. The number of hydrogen-bond acceptors (Lipinski definition) is 3. The van der Waals surface area contributed by atoms with Gasteiger partial charge >= 0.3 is 0 Å². The van der Waals surface area contributed by atoms with Crippen molar-refractivity contribution in [3.05, 3.63) is 133 Å². The molecule has 0 unspecified atom stereocenters. The fraction of sp³-hybridized carbons (Fsp3) is 0. The molecular formula is C37H21NS2. The molecule has 0 amide bonds. The molecule has 3 heteroatoms. The van der Waals surface area contributed by atoms with Gasteiger partial charge < -0.3 is 0 Å². The number of rotatable bonds is 3. The van der Waals surface area contributed by atoms with E-state index < -0.39 is 0 Å². The van der Waals surface area contributed by atoms with E-state index in [-0.39, 0.29) is 0 Å². The molecule has 0 N–H and O–H groups in total. The van der Waals surface area contributed by atoms with Crippen LogP contribution in [0, 0.1) is 11.3 Å². The van der Waals surface area contributed by atoms with E-state index in [0.29, 0.717) is 5.56 Å². The zero-order valence-corrected chi connectivity index (χ0v) is 23.0. The number of fused-ring (bicyclic) bond motifs is 6. The first-order valence-corrected chi connectivity index (χ1v) is 14.9. The topological polar surface area (TPSA) is 23.8 Å². The predicted octanol–water partition coefficient (Wildman–Crippen LogP) is 11.3. The molecule has 0 atom stereocenters. The van der Waals surface area contributed by atoms with Gasteiger partial charge in [-0.05, 0) is 81.9 Å². The molecule has 0 spiro atoms. The van der Waals surface area contributed by atoms with Gasteiger partial charge in [0.25, 0.3) is 0 Å². The van der Waals surface area contributed by atoms with E-state index in [1.54, 1.807) is 0 Å². The molecular weight excluding hydrogens is 523 g/mol. The quantitative estimate of drug-likeness (QED) is 0.217. The van der Waals surface area contributed by atoms with E-state index in [9.17, 15) is 5.26 Å². The van der Waals surface area contributed by atoms with Crippen molar-refractivity contribution in [3.8, 4) is 39.4 Å². The molecule has 0 fully saturated rings. The van der Waals surface area contributed by atoms with Crippen LogP contribution in [0.1, 0.15) is 5.56 Å². The lowest BCUT2D eigenvalue weighted by molar-refractivity contribution is 1.48. The Morgan fingerprint density at radius 1 is 0.375 bits per heavy atom. The maximum atomic E-state index is 9.89. The van der Waals surface area contributed by atoms with Crippen molar-refractivity contribution in [1.82, 2.24) is 0 Å². The number of nitriles is 1. The number of hydrogen-bond donors (Lipinski definition) is 0. The minimum atomic E-state index is 0.668. The molecule has 40 heavy (non-hydrogen) atoms. The minimum absolute atomic E-state index is 0.668. The molecule has 0 aliphatic rings. The highest BCUT2D eigenvalue weighted by Crippen LogP contribution is 2.39. The van der Waals surface area contributed by atoms with E-state index in [2.05, 4.69) is 121 Å². The third-order valence-corrected chi connectivity index (χ3v) is 9.95. The first-order chi connectivity index (χ1) is 19.7. The van der Waals surface area contributed by atoms with Crippen LogP contribution in [-0.4, -0.2) is 0 Å². The Morgan fingerprint density at radius 3 is 1.40 bits per heavy atom. The summed E-state index contributed by atoms with van der Waals surface area (Å²) in [7, 11) is 0. The van der Waals surface area contributed by atoms with Crippen molar-refractivity contribution in [1.29, 1.82) is 5.26 Å². The standard InChI is InChI=1S/C37H21NS2/c38-22-23-16-28(19-29(17-23)27-13-15-33-31-9-2-4-11-35(31)40-37(33)21-27)25-7-5-6-24(18-25)26-12-14-32-30-8-1-3-10-34(30)39-36(32)20-26/h1-21H. The third-order valence-electron chi connectivity index (χ3n) is 7.68. The molecule has 0 aliphatic carbocycles. The molecule has 0 saturated carbocycles. The van der Waals surface area contributed by atoms with Crippen LogP contribution in [0.25, 0.3) is 73.7 Å². The van der Waals surface area contributed by atoms with Gasteiger partial charge in [0.05, 0.1) is 11.6 Å². The molecule has 186 valence electrons. The van der Waals surface area contributed by atoms with Gasteiger partial charge in [-0.3, -0.25) is 0 Å². The summed E-state index contributed by atoms with van der Waals surface area (Å²) in [5.74, 6) is 0. The number of benzene rings is 6. The van der Waals surface area contributed by atoms with E-state index >= 15 is 0 Å². The van der Waals surface area contributed by atoms with E-state index in [0.717, 1.165) is 22.3 Å². The normalized spacial score (nSPS) is 11.5. The molecule has 0 saturated heterocycles. The fourth-order valence-corrected chi connectivity index (χ4v) is 8.01. The lowest BCUT2D eigenvalue weighted by atomic mass is 9.94. The molecule has 1 nitrogen and oxygen atoms in total. The summed E-state index contributed by atoms with van der Waals surface area (Å²) in [5, 5.41) is 15.1. The largest absolute Gasteiger partial charge is 0.192 e. The van der Waals surface area contributed by atoms with Crippen LogP contribution >= 0.6 is 22.7 Å². The van der Waals surface area contributed by atoms with Gasteiger partial charge in [-0.15, -0.1) is 22.7 Å². The smallest absolute Gasteiger partial charge is 0.0992 e. The van der Waals surface area contributed by atoms with Crippen LogP contribution in [0.4, 0.5) is 0 Å². The highest BCUT2D eigenvalue weighted by molar-refractivity contribution is 7.26. The fourth-order valence-electron chi connectivity index (χ4n) is 5.71. The van der Waals surface area contributed by atoms with Crippen molar-refractivity contribution in [2.24, 2.45) is 0 Å². The van der Waals surface area contributed by atoms with Crippen molar-refractivity contribution in [3.63, 3.8) is 0 Å². The summed E-state index contributed by atoms with van der Waals surface area (Å²) in [6.07, 6.45) is 0. The lowest BCUT2D eigenvalue weighted by Gasteiger charge is -2.10. The molecule has 2 heterocycles. The molecule has 2 aromatic heterocycles. The van der Waals surface area contributed by atoms with Crippen molar-refractivity contribution in [2.75, 3.05) is 0 Å². The van der Waals surface area contributed by atoms with Gasteiger partial charge in [0.15, 0.2) is 0 Å². The summed E-state index contributed by atoms with van der Waals surface area (Å²) in [4.78, 5) is 0. The van der Waals surface area contributed by atoms with Crippen molar-refractivity contribution < 1.29 is 0 Å². The van der Waals surface area contributed by atoms with Gasteiger partial charge in [-0.25, -0.2) is 0 Å². The van der Waals surface area contributed by atoms with Crippen LogP contribution in [0.3, 0.4) is 0 Å².